The minimum Gasteiger partial charge on any atom is -0.341 e. The summed E-state index contributed by atoms with van der Waals surface area (Å²) in [5.41, 5.74) is 2.04. The summed E-state index contributed by atoms with van der Waals surface area (Å²) in [4.78, 5) is 25.9. The van der Waals surface area contributed by atoms with Gasteiger partial charge in [0.2, 0.25) is 5.91 Å². The summed E-state index contributed by atoms with van der Waals surface area (Å²) < 4.78 is 0. The number of fused-ring (bicyclic) bond motifs is 1. The third kappa shape index (κ3) is 3.73. The van der Waals surface area contributed by atoms with E-state index in [-0.39, 0.29) is 11.8 Å². The number of hydrogen-bond donors (Lipinski definition) is 0. The number of rotatable bonds is 3. The monoisotopic (exact) mass is 326 g/mol. The molecule has 5 nitrogen and oxygen atoms in total. The summed E-state index contributed by atoms with van der Waals surface area (Å²) in [6.45, 7) is 10.2. The van der Waals surface area contributed by atoms with Gasteiger partial charge in [0.1, 0.15) is 5.82 Å². The third-order valence-electron chi connectivity index (χ3n) is 4.60. The van der Waals surface area contributed by atoms with Crippen LogP contribution in [0.3, 0.4) is 0 Å². The van der Waals surface area contributed by atoms with Crippen molar-refractivity contribution in [2.24, 2.45) is 5.92 Å². The van der Waals surface area contributed by atoms with Crippen molar-refractivity contribution in [3.8, 4) is 0 Å². The molecule has 24 heavy (non-hydrogen) atoms. The third-order valence-corrected chi connectivity index (χ3v) is 4.60. The molecule has 1 aliphatic heterocycles. The lowest BCUT2D eigenvalue weighted by Crippen LogP contribution is -2.37. The fourth-order valence-electron chi connectivity index (χ4n) is 3.28. The van der Waals surface area contributed by atoms with Crippen molar-refractivity contribution in [2.45, 2.75) is 33.7 Å². The zero-order valence-electron chi connectivity index (χ0n) is 14.8. The molecule has 1 aliphatic rings. The molecular formula is C19H26N4O. The van der Waals surface area contributed by atoms with Crippen molar-refractivity contribution < 1.29 is 4.79 Å². The number of amides is 1. The summed E-state index contributed by atoms with van der Waals surface area (Å²) >= 11 is 0. The molecule has 0 spiro atoms. The Hall–Kier alpha value is -2.01. The molecule has 0 N–H and O–H groups in total. The first-order valence-electron chi connectivity index (χ1n) is 8.78. The lowest BCUT2D eigenvalue weighted by atomic mass is 10.2. The van der Waals surface area contributed by atoms with Crippen LogP contribution in [0.25, 0.3) is 10.9 Å². The Morgan fingerprint density at radius 1 is 1.12 bits per heavy atom. The van der Waals surface area contributed by atoms with Crippen LogP contribution in [0.5, 0.6) is 0 Å². The van der Waals surface area contributed by atoms with Crippen LogP contribution in [0.4, 0.5) is 0 Å². The quantitative estimate of drug-likeness (QED) is 0.870. The van der Waals surface area contributed by atoms with Crippen molar-refractivity contribution >= 4 is 16.8 Å². The lowest BCUT2D eigenvalue weighted by molar-refractivity contribution is -0.134. The Bertz CT molecular complexity index is 728. The molecule has 0 bridgehead atoms. The Labute approximate surface area is 143 Å². The maximum atomic E-state index is 12.2. The normalized spacial score (nSPS) is 16.6. The van der Waals surface area contributed by atoms with Gasteiger partial charge in [0.15, 0.2) is 0 Å². The Morgan fingerprint density at radius 2 is 1.92 bits per heavy atom. The van der Waals surface area contributed by atoms with E-state index in [0.29, 0.717) is 0 Å². The van der Waals surface area contributed by atoms with Gasteiger partial charge in [-0.2, -0.15) is 0 Å². The van der Waals surface area contributed by atoms with Gasteiger partial charge in [-0.05, 0) is 19.4 Å². The second-order valence-corrected chi connectivity index (χ2v) is 6.85. The molecule has 5 heteroatoms. The van der Waals surface area contributed by atoms with Gasteiger partial charge >= 0.3 is 0 Å². The summed E-state index contributed by atoms with van der Waals surface area (Å²) in [6.07, 6.45) is 1.00. The summed E-state index contributed by atoms with van der Waals surface area (Å²) in [5, 5.41) is 1.12. The van der Waals surface area contributed by atoms with E-state index in [9.17, 15) is 4.79 Å². The van der Waals surface area contributed by atoms with Crippen LogP contribution in [0.1, 0.15) is 31.8 Å². The molecule has 2 aromatic rings. The number of carbonyl (C=O) groups excluding carboxylic acids is 1. The van der Waals surface area contributed by atoms with Crippen LogP contribution < -0.4 is 0 Å². The molecule has 1 amide bonds. The summed E-state index contributed by atoms with van der Waals surface area (Å²) in [5.74, 6) is 1.20. The highest BCUT2D eigenvalue weighted by Gasteiger charge is 2.21. The predicted octanol–water partition coefficient (Wildman–Crippen LogP) is 2.63. The minimum absolute atomic E-state index is 0.0722. The van der Waals surface area contributed by atoms with E-state index >= 15 is 0 Å². The number of carbonyl (C=O) groups is 1. The fraction of sp³-hybridized carbons (Fsp3) is 0.526. The lowest BCUT2D eigenvalue weighted by Gasteiger charge is -2.23. The molecule has 1 aromatic heterocycles. The average molecular weight is 326 g/mol. The van der Waals surface area contributed by atoms with Gasteiger partial charge in [0.25, 0.3) is 0 Å². The summed E-state index contributed by atoms with van der Waals surface area (Å²) in [7, 11) is 0. The Morgan fingerprint density at radius 3 is 2.71 bits per heavy atom. The molecule has 128 valence electrons. The Balaban J connectivity index is 1.69. The Kier molecular flexibility index (Phi) is 5.09. The maximum absolute atomic E-state index is 12.2. The maximum Gasteiger partial charge on any atom is 0.225 e. The molecule has 1 aromatic carbocycles. The first kappa shape index (κ1) is 16.8. The van der Waals surface area contributed by atoms with Gasteiger partial charge in [-0.15, -0.1) is 0 Å². The van der Waals surface area contributed by atoms with Crippen LogP contribution >= 0.6 is 0 Å². The predicted molar refractivity (Wildman–Crippen MR) is 95.6 cm³/mol. The standard InChI is InChI=1S/C19H26N4O/c1-14(2)19(24)23-10-6-9-22(11-12-23)13-18-20-15(3)16-7-4-5-8-17(16)21-18/h4-5,7-8,14H,6,9-13H2,1-3H3. The molecule has 1 fully saturated rings. The van der Waals surface area contributed by atoms with Crippen LogP contribution in [0.15, 0.2) is 24.3 Å². The highest BCUT2D eigenvalue weighted by atomic mass is 16.2. The SMILES string of the molecule is Cc1nc(CN2CCCN(C(=O)C(C)C)CC2)nc2ccccc12. The highest BCUT2D eigenvalue weighted by molar-refractivity contribution is 5.80. The van der Waals surface area contributed by atoms with Crippen LogP contribution in [0, 0.1) is 12.8 Å². The first-order chi connectivity index (χ1) is 11.5. The molecule has 1 saturated heterocycles. The van der Waals surface area contributed by atoms with E-state index in [1.807, 2.05) is 43.9 Å². The number of aryl methyl sites for hydroxylation is 1. The van der Waals surface area contributed by atoms with Crippen molar-refractivity contribution in [3.05, 3.63) is 35.8 Å². The van der Waals surface area contributed by atoms with Gasteiger partial charge < -0.3 is 4.90 Å². The molecule has 3 rings (SSSR count). The number of hydrogen-bond acceptors (Lipinski definition) is 4. The molecule has 2 heterocycles. The highest BCUT2D eigenvalue weighted by Crippen LogP contribution is 2.16. The average Bonchev–Trinajstić information content (AvgIpc) is 2.80. The molecule has 0 atom stereocenters. The zero-order chi connectivity index (χ0) is 17.1. The van der Waals surface area contributed by atoms with E-state index in [4.69, 9.17) is 4.98 Å². The van der Waals surface area contributed by atoms with Gasteiger partial charge in [0, 0.05) is 43.2 Å². The van der Waals surface area contributed by atoms with Crippen LogP contribution in [-0.2, 0) is 11.3 Å². The second-order valence-electron chi connectivity index (χ2n) is 6.85. The number of benzene rings is 1. The van der Waals surface area contributed by atoms with Crippen molar-refractivity contribution in [3.63, 3.8) is 0 Å². The molecule has 0 unspecified atom stereocenters. The smallest absolute Gasteiger partial charge is 0.225 e. The van der Waals surface area contributed by atoms with Gasteiger partial charge in [0.05, 0.1) is 12.1 Å². The van der Waals surface area contributed by atoms with Crippen LogP contribution in [0.2, 0.25) is 0 Å². The van der Waals surface area contributed by atoms with E-state index in [1.54, 1.807) is 0 Å². The van der Waals surface area contributed by atoms with Gasteiger partial charge in [-0.25, -0.2) is 9.97 Å². The van der Waals surface area contributed by atoms with Crippen molar-refractivity contribution in [1.82, 2.24) is 19.8 Å². The topological polar surface area (TPSA) is 49.3 Å². The van der Waals surface area contributed by atoms with E-state index in [1.165, 1.54) is 0 Å². The number of para-hydroxylation sites is 1. The summed E-state index contributed by atoms with van der Waals surface area (Å²) in [6, 6.07) is 8.14. The van der Waals surface area contributed by atoms with Crippen LogP contribution in [-0.4, -0.2) is 51.9 Å². The zero-order valence-corrected chi connectivity index (χ0v) is 14.8. The minimum atomic E-state index is 0.0722. The fourth-order valence-corrected chi connectivity index (χ4v) is 3.28. The second kappa shape index (κ2) is 7.26. The number of nitrogens with zero attached hydrogens (tertiary/aromatic N) is 4. The van der Waals surface area contributed by atoms with Gasteiger partial charge in [-0.1, -0.05) is 32.0 Å². The van der Waals surface area contributed by atoms with Gasteiger partial charge in [-0.3, -0.25) is 9.69 Å². The van der Waals surface area contributed by atoms with E-state index in [0.717, 1.165) is 61.6 Å². The molecule has 0 radical (unpaired) electrons. The van der Waals surface area contributed by atoms with E-state index in [2.05, 4.69) is 16.0 Å². The first-order valence-corrected chi connectivity index (χ1v) is 8.78. The number of aromatic nitrogens is 2. The van der Waals surface area contributed by atoms with Crippen molar-refractivity contribution in [2.75, 3.05) is 26.2 Å². The molecular weight excluding hydrogens is 300 g/mol. The molecule has 0 aliphatic carbocycles. The van der Waals surface area contributed by atoms with E-state index < -0.39 is 0 Å². The molecule has 0 saturated carbocycles. The van der Waals surface area contributed by atoms with Crippen molar-refractivity contribution in [1.29, 1.82) is 0 Å². The largest absolute Gasteiger partial charge is 0.341 e.